The van der Waals surface area contributed by atoms with E-state index in [0.717, 1.165) is 38.3 Å². The fourth-order valence-corrected chi connectivity index (χ4v) is 2.89. The minimum absolute atomic E-state index is 0.329. The Labute approximate surface area is 135 Å². The Morgan fingerprint density at radius 1 is 1.14 bits per heavy atom. The Balaban J connectivity index is 1.85. The van der Waals surface area contributed by atoms with Crippen LogP contribution in [-0.4, -0.2) is 25.7 Å². The van der Waals surface area contributed by atoms with Crippen LogP contribution in [0.1, 0.15) is 57.6 Å². The van der Waals surface area contributed by atoms with Crippen molar-refractivity contribution in [3.63, 3.8) is 0 Å². The zero-order valence-electron chi connectivity index (χ0n) is 14.0. The molecule has 1 fully saturated rings. The second-order valence-electron chi connectivity index (χ2n) is 6.03. The van der Waals surface area contributed by atoms with Crippen LogP contribution in [-0.2, 0) is 0 Å². The van der Waals surface area contributed by atoms with E-state index in [1.54, 1.807) is 0 Å². The minimum atomic E-state index is 0.329. The van der Waals surface area contributed by atoms with Crippen molar-refractivity contribution in [3.8, 4) is 5.75 Å². The van der Waals surface area contributed by atoms with E-state index in [9.17, 15) is 0 Å². The Morgan fingerprint density at radius 3 is 2.82 bits per heavy atom. The summed E-state index contributed by atoms with van der Waals surface area (Å²) < 4.78 is 6.03. The Hall–Kier alpha value is -1.10. The van der Waals surface area contributed by atoms with Gasteiger partial charge >= 0.3 is 0 Å². The number of rotatable bonds is 10. The molecule has 0 aliphatic carbocycles. The van der Waals surface area contributed by atoms with Gasteiger partial charge in [-0.1, -0.05) is 51.3 Å². The van der Waals surface area contributed by atoms with Gasteiger partial charge in [-0.15, -0.1) is 0 Å². The van der Waals surface area contributed by atoms with Crippen LogP contribution in [0.15, 0.2) is 24.3 Å². The van der Waals surface area contributed by atoms with Gasteiger partial charge in [0.05, 0.1) is 12.6 Å². The molecule has 1 heterocycles. The number of hydrazine groups is 1. The number of hydrogen-bond donors (Lipinski definition) is 3. The van der Waals surface area contributed by atoms with Crippen molar-refractivity contribution in [1.82, 2.24) is 16.2 Å². The van der Waals surface area contributed by atoms with Crippen LogP contribution in [0, 0.1) is 0 Å². The largest absolute Gasteiger partial charge is 0.493 e. The van der Waals surface area contributed by atoms with Gasteiger partial charge in [-0.2, -0.15) is 0 Å². The second-order valence-corrected chi connectivity index (χ2v) is 6.03. The molecule has 4 heteroatoms. The van der Waals surface area contributed by atoms with Gasteiger partial charge in [0.1, 0.15) is 5.75 Å². The van der Waals surface area contributed by atoms with E-state index in [1.807, 2.05) is 0 Å². The van der Waals surface area contributed by atoms with Gasteiger partial charge in [0.15, 0.2) is 0 Å². The lowest BCUT2D eigenvalue weighted by Gasteiger charge is -2.16. The summed E-state index contributed by atoms with van der Waals surface area (Å²) in [6.07, 6.45) is 6.05. The molecule has 1 aliphatic rings. The standard InChI is InChI=1S/C18H31N3O/c1-3-5-6-9-12-22-18-11-8-7-10-16(18)17-13-15(20-21-17)14-19-4-2/h7-8,10-11,15,17,19-21H,3-6,9,12-14H2,1-2H3. The van der Waals surface area contributed by atoms with Gasteiger partial charge in [0.2, 0.25) is 0 Å². The lowest BCUT2D eigenvalue weighted by molar-refractivity contribution is 0.299. The molecular formula is C18H31N3O. The zero-order valence-corrected chi connectivity index (χ0v) is 14.0. The van der Waals surface area contributed by atoms with E-state index >= 15 is 0 Å². The first-order valence-corrected chi connectivity index (χ1v) is 8.78. The predicted octanol–water partition coefficient (Wildman–Crippen LogP) is 3.16. The molecule has 4 nitrogen and oxygen atoms in total. The van der Waals surface area contributed by atoms with E-state index < -0.39 is 0 Å². The summed E-state index contributed by atoms with van der Waals surface area (Å²) >= 11 is 0. The number of benzene rings is 1. The molecule has 0 radical (unpaired) electrons. The van der Waals surface area contributed by atoms with Crippen molar-refractivity contribution >= 4 is 0 Å². The van der Waals surface area contributed by atoms with E-state index in [0.29, 0.717) is 12.1 Å². The fraction of sp³-hybridized carbons (Fsp3) is 0.667. The zero-order chi connectivity index (χ0) is 15.6. The smallest absolute Gasteiger partial charge is 0.124 e. The molecule has 1 aromatic carbocycles. The number of ether oxygens (including phenoxy) is 1. The SMILES string of the molecule is CCCCCCOc1ccccc1C1CC(CNCC)NN1. The van der Waals surface area contributed by atoms with Crippen LogP contribution in [0.25, 0.3) is 0 Å². The number of hydrogen-bond acceptors (Lipinski definition) is 4. The summed E-state index contributed by atoms with van der Waals surface area (Å²) in [5.41, 5.74) is 8.06. The van der Waals surface area contributed by atoms with Crippen molar-refractivity contribution in [2.75, 3.05) is 19.7 Å². The van der Waals surface area contributed by atoms with Crippen LogP contribution in [0.4, 0.5) is 0 Å². The third-order valence-electron chi connectivity index (χ3n) is 4.17. The molecule has 0 bridgehead atoms. The molecule has 2 rings (SSSR count). The van der Waals surface area contributed by atoms with Crippen LogP contribution >= 0.6 is 0 Å². The fourth-order valence-electron chi connectivity index (χ4n) is 2.89. The molecule has 0 spiro atoms. The number of likely N-dealkylation sites (N-methyl/N-ethyl adjacent to an activating group) is 1. The third kappa shape index (κ3) is 5.27. The van der Waals surface area contributed by atoms with Crippen molar-refractivity contribution in [2.45, 2.75) is 58.0 Å². The Kier molecular flexibility index (Phi) is 7.71. The third-order valence-corrected chi connectivity index (χ3v) is 4.17. The highest BCUT2D eigenvalue weighted by Crippen LogP contribution is 2.30. The lowest BCUT2D eigenvalue weighted by Crippen LogP contribution is -2.37. The molecule has 1 aliphatic heterocycles. The lowest BCUT2D eigenvalue weighted by atomic mass is 10.0. The molecule has 22 heavy (non-hydrogen) atoms. The monoisotopic (exact) mass is 305 g/mol. The quantitative estimate of drug-likeness (QED) is 0.581. The van der Waals surface area contributed by atoms with Crippen molar-refractivity contribution in [2.24, 2.45) is 0 Å². The molecule has 0 aromatic heterocycles. The average Bonchev–Trinajstić information content (AvgIpc) is 3.02. The predicted molar refractivity (Wildman–Crippen MR) is 92.0 cm³/mol. The summed E-state index contributed by atoms with van der Waals surface area (Å²) in [5.74, 6) is 1.03. The van der Waals surface area contributed by atoms with Crippen LogP contribution in [0.2, 0.25) is 0 Å². The minimum Gasteiger partial charge on any atom is -0.493 e. The molecule has 124 valence electrons. The topological polar surface area (TPSA) is 45.3 Å². The molecule has 2 atom stereocenters. The first kappa shape index (κ1) is 17.3. The maximum Gasteiger partial charge on any atom is 0.124 e. The average molecular weight is 305 g/mol. The Morgan fingerprint density at radius 2 is 2.00 bits per heavy atom. The van der Waals surface area contributed by atoms with E-state index in [4.69, 9.17) is 4.74 Å². The second kappa shape index (κ2) is 9.82. The number of unbranched alkanes of at least 4 members (excludes halogenated alkanes) is 3. The summed E-state index contributed by atoms with van der Waals surface area (Å²) in [5, 5.41) is 3.40. The molecular weight excluding hydrogens is 274 g/mol. The van der Waals surface area contributed by atoms with Gasteiger partial charge in [-0.05, 0) is 25.5 Å². The summed E-state index contributed by atoms with van der Waals surface area (Å²) in [6, 6.07) is 9.23. The van der Waals surface area contributed by atoms with Gasteiger partial charge in [0.25, 0.3) is 0 Å². The van der Waals surface area contributed by atoms with Gasteiger partial charge in [0, 0.05) is 18.2 Å². The van der Waals surface area contributed by atoms with Gasteiger partial charge < -0.3 is 10.1 Å². The van der Waals surface area contributed by atoms with E-state index in [-0.39, 0.29) is 0 Å². The number of nitrogens with one attached hydrogen (secondary N) is 3. The van der Waals surface area contributed by atoms with Crippen molar-refractivity contribution < 1.29 is 4.74 Å². The maximum absolute atomic E-state index is 6.03. The highest BCUT2D eigenvalue weighted by atomic mass is 16.5. The normalized spacial score (nSPS) is 21.2. The molecule has 1 aromatic rings. The Bertz CT molecular complexity index is 425. The molecule has 1 saturated heterocycles. The molecule has 2 unspecified atom stereocenters. The van der Waals surface area contributed by atoms with Crippen LogP contribution < -0.4 is 20.9 Å². The number of para-hydroxylation sites is 1. The molecule has 0 saturated carbocycles. The van der Waals surface area contributed by atoms with E-state index in [1.165, 1.54) is 24.8 Å². The first-order valence-electron chi connectivity index (χ1n) is 8.78. The van der Waals surface area contributed by atoms with Crippen LogP contribution in [0.5, 0.6) is 5.75 Å². The van der Waals surface area contributed by atoms with Crippen LogP contribution in [0.3, 0.4) is 0 Å². The maximum atomic E-state index is 6.03. The first-order chi connectivity index (χ1) is 10.8. The van der Waals surface area contributed by atoms with Gasteiger partial charge in [-0.3, -0.25) is 5.43 Å². The van der Waals surface area contributed by atoms with Crippen molar-refractivity contribution in [1.29, 1.82) is 0 Å². The molecule has 3 N–H and O–H groups in total. The van der Waals surface area contributed by atoms with Crippen molar-refractivity contribution in [3.05, 3.63) is 29.8 Å². The van der Waals surface area contributed by atoms with Gasteiger partial charge in [-0.25, -0.2) is 5.43 Å². The highest BCUT2D eigenvalue weighted by molar-refractivity contribution is 5.36. The highest BCUT2D eigenvalue weighted by Gasteiger charge is 2.26. The van der Waals surface area contributed by atoms with E-state index in [2.05, 4.69) is 54.3 Å². The summed E-state index contributed by atoms with van der Waals surface area (Å²) in [7, 11) is 0. The summed E-state index contributed by atoms with van der Waals surface area (Å²) in [6.45, 7) is 7.21. The summed E-state index contributed by atoms with van der Waals surface area (Å²) in [4.78, 5) is 0. The molecule has 0 amide bonds.